The third-order valence-corrected chi connectivity index (χ3v) is 7.05. The average molecular weight is 429 g/mol. The molecule has 150 valence electrons. The second-order valence-corrected chi connectivity index (χ2v) is 9.31. The standard InChI is InChI=1S/C20H20N4O3S2/c1-29(25)24-9-7-23(8-10-24)12-14-13-26-17-11-15(4-5-16(14)17)27-20-22-19-18(28-20)3-2-6-21-19/h2-6,11,13H,7-10,12H2,1H3. The van der Waals surface area contributed by atoms with Crippen LogP contribution < -0.4 is 4.74 Å². The summed E-state index contributed by atoms with van der Waals surface area (Å²) < 4.78 is 26.3. The molecule has 0 radical (unpaired) electrons. The van der Waals surface area contributed by atoms with Gasteiger partial charge in [0.1, 0.15) is 11.3 Å². The van der Waals surface area contributed by atoms with E-state index in [1.807, 2.05) is 40.9 Å². The van der Waals surface area contributed by atoms with E-state index in [1.54, 1.807) is 12.5 Å². The maximum atomic E-state index is 11.6. The molecule has 1 unspecified atom stereocenters. The van der Waals surface area contributed by atoms with Crippen LogP contribution in [0.2, 0.25) is 0 Å². The fourth-order valence-electron chi connectivity index (χ4n) is 3.53. The first-order valence-corrected chi connectivity index (χ1v) is 11.7. The molecule has 0 amide bonds. The quantitative estimate of drug-likeness (QED) is 0.483. The highest BCUT2D eigenvalue weighted by Crippen LogP contribution is 2.33. The van der Waals surface area contributed by atoms with Crippen molar-refractivity contribution in [1.82, 2.24) is 19.2 Å². The molecule has 3 aromatic heterocycles. The topological polar surface area (TPSA) is 71.7 Å². The van der Waals surface area contributed by atoms with Crippen LogP contribution >= 0.6 is 11.3 Å². The first-order valence-electron chi connectivity index (χ1n) is 9.36. The van der Waals surface area contributed by atoms with Gasteiger partial charge in [-0.15, -0.1) is 0 Å². The van der Waals surface area contributed by atoms with Crippen LogP contribution in [0.5, 0.6) is 10.9 Å². The summed E-state index contributed by atoms with van der Waals surface area (Å²) >= 11 is 1.47. The third-order valence-electron chi connectivity index (χ3n) is 5.07. The minimum atomic E-state index is -0.887. The molecule has 1 saturated heterocycles. The van der Waals surface area contributed by atoms with Crippen LogP contribution in [0.15, 0.2) is 47.2 Å². The van der Waals surface area contributed by atoms with Crippen LogP contribution in [-0.4, -0.2) is 55.8 Å². The van der Waals surface area contributed by atoms with Crippen LogP contribution in [0.1, 0.15) is 5.56 Å². The minimum Gasteiger partial charge on any atom is -0.464 e. The summed E-state index contributed by atoms with van der Waals surface area (Å²) in [6.07, 6.45) is 5.29. The lowest BCUT2D eigenvalue weighted by Crippen LogP contribution is -2.46. The van der Waals surface area contributed by atoms with Gasteiger partial charge in [-0.2, -0.15) is 4.98 Å². The first kappa shape index (κ1) is 18.7. The lowest BCUT2D eigenvalue weighted by Gasteiger charge is -2.32. The number of aromatic nitrogens is 2. The van der Waals surface area contributed by atoms with Crippen LogP contribution in [-0.2, 0) is 17.5 Å². The van der Waals surface area contributed by atoms with E-state index in [4.69, 9.17) is 9.15 Å². The van der Waals surface area contributed by atoms with Crippen LogP contribution in [0.3, 0.4) is 0 Å². The van der Waals surface area contributed by atoms with E-state index in [9.17, 15) is 4.21 Å². The summed E-state index contributed by atoms with van der Waals surface area (Å²) in [5.74, 6) is 0.691. The summed E-state index contributed by atoms with van der Waals surface area (Å²) in [5.41, 5.74) is 2.65. The number of hydrogen-bond donors (Lipinski definition) is 0. The normalized spacial score (nSPS) is 17.1. The lowest BCUT2D eigenvalue weighted by atomic mass is 10.1. The van der Waals surface area contributed by atoms with Crippen molar-refractivity contribution in [3.8, 4) is 10.9 Å². The summed E-state index contributed by atoms with van der Waals surface area (Å²) in [5, 5.41) is 1.65. The molecule has 0 N–H and O–H groups in total. The summed E-state index contributed by atoms with van der Waals surface area (Å²) in [6.45, 7) is 4.28. The molecule has 29 heavy (non-hydrogen) atoms. The summed E-state index contributed by atoms with van der Waals surface area (Å²) in [6, 6.07) is 9.75. The van der Waals surface area contributed by atoms with Crippen molar-refractivity contribution in [2.45, 2.75) is 6.54 Å². The summed E-state index contributed by atoms with van der Waals surface area (Å²) in [4.78, 5) is 11.0. The molecule has 4 heterocycles. The van der Waals surface area contributed by atoms with Crippen molar-refractivity contribution >= 4 is 43.6 Å². The van der Waals surface area contributed by atoms with Gasteiger partial charge in [-0.3, -0.25) is 4.90 Å². The van der Waals surface area contributed by atoms with Crippen LogP contribution in [0.4, 0.5) is 0 Å². The second-order valence-electron chi connectivity index (χ2n) is 6.95. The Hall–Kier alpha value is -2.33. The molecule has 0 bridgehead atoms. The van der Waals surface area contributed by atoms with Gasteiger partial charge in [0.25, 0.3) is 5.19 Å². The molecule has 0 aliphatic carbocycles. The highest BCUT2D eigenvalue weighted by Gasteiger charge is 2.20. The second kappa shape index (κ2) is 7.83. The van der Waals surface area contributed by atoms with E-state index >= 15 is 0 Å². The number of furan rings is 1. The predicted octanol–water partition coefficient (Wildman–Crippen LogP) is 3.64. The molecule has 1 fully saturated rings. The zero-order valence-electron chi connectivity index (χ0n) is 15.9. The number of thiazole rings is 1. The number of nitrogens with zero attached hydrogens (tertiary/aromatic N) is 4. The van der Waals surface area contributed by atoms with Crippen molar-refractivity contribution in [1.29, 1.82) is 0 Å². The average Bonchev–Trinajstić information content (AvgIpc) is 3.31. The number of hydrogen-bond acceptors (Lipinski definition) is 7. The van der Waals surface area contributed by atoms with Gasteiger partial charge >= 0.3 is 0 Å². The van der Waals surface area contributed by atoms with Crippen molar-refractivity contribution in [3.05, 3.63) is 48.4 Å². The number of rotatable bonds is 5. The minimum absolute atomic E-state index is 0.566. The van der Waals surface area contributed by atoms with Gasteiger partial charge < -0.3 is 9.15 Å². The molecule has 1 atom stereocenters. The van der Waals surface area contributed by atoms with Crippen molar-refractivity contribution in [2.75, 3.05) is 32.4 Å². The van der Waals surface area contributed by atoms with Crippen molar-refractivity contribution < 1.29 is 13.4 Å². The fraction of sp³-hybridized carbons (Fsp3) is 0.300. The number of piperazine rings is 1. The van der Waals surface area contributed by atoms with E-state index in [1.165, 1.54) is 11.3 Å². The van der Waals surface area contributed by atoms with E-state index in [0.717, 1.165) is 54.0 Å². The van der Waals surface area contributed by atoms with Crippen molar-refractivity contribution in [3.63, 3.8) is 0 Å². The number of pyridine rings is 1. The van der Waals surface area contributed by atoms with Gasteiger partial charge in [0.2, 0.25) is 0 Å². The van der Waals surface area contributed by atoms with E-state index in [2.05, 4.69) is 14.9 Å². The Morgan fingerprint density at radius 3 is 2.90 bits per heavy atom. The largest absolute Gasteiger partial charge is 0.464 e. The molecule has 1 aliphatic rings. The van der Waals surface area contributed by atoms with Gasteiger partial charge in [-0.25, -0.2) is 13.5 Å². The maximum Gasteiger partial charge on any atom is 0.281 e. The molecule has 7 nitrogen and oxygen atoms in total. The lowest BCUT2D eigenvalue weighted by molar-refractivity contribution is 0.186. The Labute approximate surface area is 174 Å². The van der Waals surface area contributed by atoms with Crippen LogP contribution in [0.25, 0.3) is 21.3 Å². The van der Waals surface area contributed by atoms with E-state index in [-0.39, 0.29) is 0 Å². The maximum absolute atomic E-state index is 11.6. The first-order chi connectivity index (χ1) is 14.2. The van der Waals surface area contributed by atoms with E-state index in [0.29, 0.717) is 16.6 Å². The number of benzene rings is 1. The molecule has 0 saturated carbocycles. The van der Waals surface area contributed by atoms with Gasteiger partial charge in [0.05, 0.1) is 21.9 Å². The highest BCUT2D eigenvalue weighted by molar-refractivity contribution is 7.81. The monoisotopic (exact) mass is 428 g/mol. The van der Waals surface area contributed by atoms with Gasteiger partial charge in [-0.05, 0) is 24.3 Å². The van der Waals surface area contributed by atoms with E-state index < -0.39 is 11.0 Å². The Morgan fingerprint density at radius 1 is 1.24 bits per heavy atom. The molecule has 9 heteroatoms. The Morgan fingerprint density at radius 2 is 2.10 bits per heavy atom. The molecule has 4 aromatic rings. The molecular weight excluding hydrogens is 408 g/mol. The molecule has 1 aromatic carbocycles. The van der Waals surface area contributed by atoms with Crippen LogP contribution in [0, 0.1) is 0 Å². The Bertz CT molecular complexity index is 1150. The SMILES string of the molecule is CS(=O)N1CCN(Cc2coc3cc(Oc4nc5ncccc5s4)ccc23)CC1. The number of ether oxygens (including phenoxy) is 1. The predicted molar refractivity (Wildman–Crippen MR) is 115 cm³/mol. The Balaban J connectivity index is 1.30. The molecular formula is C20H20N4O3S2. The van der Waals surface area contributed by atoms with Gasteiger partial charge in [0, 0.05) is 62.2 Å². The molecule has 5 rings (SSSR count). The number of fused-ring (bicyclic) bond motifs is 2. The van der Waals surface area contributed by atoms with Gasteiger partial charge in [-0.1, -0.05) is 11.3 Å². The summed E-state index contributed by atoms with van der Waals surface area (Å²) in [7, 11) is -0.887. The fourth-order valence-corrected chi connectivity index (χ4v) is 5.00. The molecule has 1 aliphatic heterocycles. The zero-order chi connectivity index (χ0) is 19.8. The van der Waals surface area contributed by atoms with Crippen molar-refractivity contribution in [2.24, 2.45) is 0 Å². The third kappa shape index (κ3) is 3.91. The molecule has 0 spiro atoms. The smallest absolute Gasteiger partial charge is 0.281 e. The zero-order valence-corrected chi connectivity index (χ0v) is 17.5. The highest BCUT2D eigenvalue weighted by atomic mass is 32.2. The van der Waals surface area contributed by atoms with Gasteiger partial charge in [0.15, 0.2) is 5.65 Å². The Kier molecular flexibility index (Phi) is 5.04.